The van der Waals surface area contributed by atoms with Crippen molar-refractivity contribution in [2.24, 2.45) is 10.7 Å². The number of nitrogens with one attached hydrogen (secondary N) is 1. The lowest BCUT2D eigenvalue weighted by Crippen LogP contribution is -2.22. The molecular formula is C14H16ClIN4. The summed E-state index contributed by atoms with van der Waals surface area (Å²) in [5.74, 6) is 0.376. The van der Waals surface area contributed by atoms with E-state index < -0.39 is 0 Å². The van der Waals surface area contributed by atoms with Crippen LogP contribution >= 0.6 is 35.6 Å². The molecule has 0 spiro atoms. The first-order chi connectivity index (χ1) is 9.13. The van der Waals surface area contributed by atoms with Crippen LogP contribution in [0.5, 0.6) is 0 Å². The molecule has 0 radical (unpaired) electrons. The predicted molar refractivity (Wildman–Crippen MR) is 94.8 cm³/mol. The smallest absolute Gasteiger partial charge is 0.193 e. The van der Waals surface area contributed by atoms with Crippen LogP contribution in [-0.4, -0.2) is 10.9 Å². The molecule has 0 saturated carbocycles. The Bertz CT molecular complexity index is 584. The lowest BCUT2D eigenvalue weighted by Gasteiger charge is -2.06. The third-order valence-electron chi connectivity index (χ3n) is 2.51. The van der Waals surface area contributed by atoms with Gasteiger partial charge in [-0.2, -0.15) is 0 Å². The van der Waals surface area contributed by atoms with E-state index in [0.717, 1.165) is 11.3 Å². The molecule has 0 unspecified atom stereocenters. The van der Waals surface area contributed by atoms with Gasteiger partial charge in [0.1, 0.15) is 5.15 Å². The van der Waals surface area contributed by atoms with E-state index in [1.54, 1.807) is 12.3 Å². The SMILES string of the molecule is Cc1cccc(NC(N)=NCc2ccc(Cl)nc2)c1.I. The van der Waals surface area contributed by atoms with Gasteiger partial charge in [-0.15, -0.1) is 24.0 Å². The van der Waals surface area contributed by atoms with Crippen LogP contribution in [0, 0.1) is 6.92 Å². The van der Waals surface area contributed by atoms with Gasteiger partial charge in [0.05, 0.1) is 6.54 Å². The second kappa shape index (κ2) is 8.06. The van der Waals surface area contributed by atoms with Gasteiger partial charge in [-0.3, -0.25) is 0 Å². The second-order valence-electron chi connectivity index (χ2n) is 4.19. The summed E-state index contributed by atoms with van der Waals surface area (Å²) in [6.07, 6.45) is 1.69. The van der Waals surface area contributed by atoms with Gasteiger partial charge in [0.25, 0.3) is 0 Å². The number of hydrogen-bond donors (Lipinski definition) is 2. The lowest BCUT2D eigenvalue weighted by molar-refractivity contribution is 1.04. The number of anilines is 1. The molecule has 2 rings (SSSR count). The molecule has 0 bridgehead atoms. The molecule has 1 aromatic carbocycles. The topological polar surface area (TPSA) is 63.3 Å². The van der Waals surface area contributed by atoms with Crippen LogP contribution in [0.2, 0.25) is 5.15 Å². The third kappa shape index (κ3) is 5.34. The lowest BCUT2D eigenvalue weighted by atomic mass is 10.2. The van der Waals surface area contributed by atoms with Crippen LogP contribution in [0.25, 0.3) is 0 Å². The number of aromatic nitrogens is 1. The van der Waals surface area contributed by atoms with E-state index in [0.29, 0.717) is 17.7 Å². The van der Waals surface area contributed by atoms with E-state index in [1.807, 2.05) is 37.3 Å². The summed E-state index contributed by atoms with van der Waals surface area (Å²) in [6.45, 7) is 2.49. The van der Waals surface area contributed by atoms with Gasteiger partial charge < -0.3 is 11.1 Å². The number of pyridine rings is 1. The fourth-order valence-electron chi connectivity index (χ4n) is 1.59. The van der Waals surface area contributed by atoms with Crippen LogP contribution in [0.4, 0.5) is 5.69 Å². The van der Waals surface area contributed by atoms with Crippen molar-refractivity contribution in [2.45, 2.75) is 13.5 Å². The first-order valence-corrected chi connectivity index (χ1v) is 6.25. The van der Waals surface area contributed by atoms with Gasteiger partial charge in [0.2, 0.25) is 0 Å². The first-order valence-electron chi connectivity index (χ1n) is 5.87. The monoisotopic (exact) mass is 402 g/mol. The molecule has 4 nitrogen and oxygen atoms in total. The molecule has 0 fully saturated rings. The molecule has 3 N–H and O–H groups in total. The molecule has 0 saturated heterocycles. The van der Waals surface area contributed by atoms with E-state index in [9.17, 15) is 0 Å². The molecule has 0 aliphatic rings. The van der Waals surface area contributed by atoms with Crippen LogP contribution in [0.15, 0.2) is 47.6 Å². The minimum atomic E-state index is 0. The Hall–Kier alpha value is -1.34. The minimum Gasteiger partial charge on any atom is -0.370 e. The minimum absolute atomic E-state index is 0. The molecule has 106 valence electrons. The molecule has 0 aliphatic heterocycles. The Morgan fingerprint density at radius 1 is 1.35 bits per heavy atom. The van der Waals surface area contributed by atoms with Gasteiger partial charge in [0, 0.05) is 11.9 Å². The molecule has 0 amide bonds. The van der Waals surface area contributed by atoms with E-state index >= 15 is 0 Å². The van der Waals surface area contributed by atoms with Crippen LogP contribution < -0.4 is 11.1 Å². The van der Waals surface area contributed by atoms with Crippen LogP contribution in [0.1, 0.15) is 11.1 Å². The van der Waals surface area contributed by atoms with Crippen molar-refractivity contribution in [3.05, 3.63) is 58.9 Å². The highest BCUT2D eigenvalue weighted by Gasteiger charge is 1.96. The zero-order valence-electron chi connectivity index (χ0n) is 11.0. The van der Waals surface area contributed by atoms with Crippen molar-refractivity contribution in [2.75, 3.05) is 5.32 Å². The normalized spacial score (nSPS) is 10.8. The highest BCUT2D eigenvalue weighted by atomic mass is 127. The summed E-state index contributed by atoms with van der Waals surface area (Å²) in [7, 11) is 0. The predicted octanol–water partition coefficient (Wildman–Crippen LogP) is 3.59. The van der Waals surface area contributed by atoms with E-state index in [4.69, 9.17) is 17.3 Å². The maximum Gasteiger partial charge on any atom is 0.193 e. The summed E-state index contributed by atoms with van der Waals surface area (Å²) >= 11 is 5.71. The average molecular weight is 403 g/mol. The quantitative estimate of drug-likeness (QED) is 0.357. The highest BCUT2D eigenvalue weighted by Crippen LogP contribution is 2.09. The molecule has 1 aromatic heterocycles. The van der Waals surface area contributed by atoms with E-state index in [1.165, 1.54) is 5.56 Å². The Morgan fingerprint density at radius 2 is 2.15 bits per heavy atom. The summed E-state index contributed by atoms with van der Waals surface area (Å²) in [4.78, 5) is 8.24. The van der Waals surface area contributed by atoms with Crippen molar-refractivity contribution < 1.29 is 0 Å². The number of halogens is 2. The molecule has 6 heteroatoms. The van der Waals surface area contributed by atoms with Gasteiger partial charge in [-0.1, -0.05) is 29.8 Å². The molecule has 1 heterocycles. The Balaban J connectivity index is 0.00000200. The molecule has 0 atom stereocenters. The molecular weight excluding hydrogens is 387 g/mol. The maximum atomic E-state index is 5.83. The second-order valence-corrected chi connectivity index (χ2v) is 4.57. The van der Waals surface area contributed by atoms with E-state index in [2.05, 4.69) is 15.3 Å². The van der Waals surface area contributed by atoms with Crippen molar-refractivity contribution in [1.82, 2.24) is 4.98 Å². The average Bonchev–Trinajstić information content (AvgIpc) is 2.38. The number of benzene rings is 1. The first kappa shape index (κ1) is 16.7. The number of hydrogen-bond acceptors (Lipinski definition) is 2. The Labute approximate surface area is 140 Å². The number of guanidine groups is 1. The molecule has 0 aliphatic carbocycles. The maximum absolute atomic E-state index is 5.83. The largest absolute Gasteiger partial charge is 0.370 e. The van der Waals surface area contributed by atoms with Crippen molar-refractivity contribution >= 4 is 47.2 Å². The van der Waals surface area contributed by atoms with E-state index in [-0.39, 0.29) is 24.0 Å². The van der Waals surface area contributed by atoms with Gasteiger partial charge >= 0.3 is 0 Å². The fraction of sp³-hybridized carbons (Fsp3) is 0.143. The number of nitrogens with zero attached hydrogens (tertiary/aromatic N) is 2. The van der Waals surface area contributed by atoms with Crippen molar-refractivity contribution in [3.8, 4) is 0 Å². The zero-order valence-corrected chi connectivity index (χ0v) is 14.1. The number of aliphatic imine (C=N–C) groups is 1. The Kier molecular flexibility index (Phi) is 6.74. The van der Waals surface area contributed by atoms with Crippen molar-refractivity contribution in [3.63, 3.8) is 0 Å². The van der Waals surface area contributed by atoms with Gasteiger partial charge in [-0.05, 0) is 36.2 Å². The van der Waals surface area contributed by atoms with Gasteiger partial charge in [0.15, 0.2) is 5.96 Å². The summed E-state index contributed by atoms with van der Waals surface area (Å²) in [6, 6.07) is 11.5. The number of nitrogens with two attached hydrogens (primary N) is 1. The van der Waals surface area contributed by atoms with Gasteiger partial charge in [-0.25, -0.2) is 9.98 Å². The summed E-state index contributed by atoms with van der Waals surface area (Å²) in [5, 5.41) is 3.52. The molecule has 2 aromatic rings. The zero-order chi connectivity index (χ0) is 13.7. The molecule has 20 heavy (non-hydrogen) atoms. The van der Waals surface area contributed by atoms with Crippen LogP contribution in [-0.2, 0) is 6.54 Å². The Morgan fingerprint density at radius 3 is 2.80 bits per heavy atom. The van der Waals surface area contributed by atoms with Crippen LogP contribution in [0.3, 0.4) is 0 Å². The summed E-state index contributed by atoms with van der Waals surface area (Å²) in [5.41, 5.74) is 8.88. The number of rotatable bonds is 3. The van der Waals surface area contributed by atoms with Crippen molar-refractivity contribution in [1.29, 1.82) is 0 Å². The number of aryl methyl sites for hydroxylation is 1. The third-order valence-corrected chi connectivity index (χ3v) is 2.73. The fourth-order valence-corrected chi connectivity index (χ4v) is 1.70. The summed E-state index contributed by atoms with van der Waals surface area (Å²) < 4.78 is 0. The standard InChI is InChI=1S/C14H15ClN4.HI/c1-10-3-2-4-12(7-10)19-14(16)18-9-11-5-6-13(15)17-8-11;/h2-8H,9H2,1H3,(H3,16,18,19);1H. The highest BCUT2D eigenvalue weighted by molar-refractivity contribution is 14.0.